The van der Waals surface area contributed by atoms with E-state index in [1.54, 1.807) is 0 Å². The van der Waals surface area contributed by atoms with Gasteiger partial charge in [0.2, 0.25) is 0 Å². The minimum Gasteiger partial charge on any atom is -0.366 e. The van der Waals surface area contributed by atoms with E-state index in [4.69, 9.17) is 17.3 Å². The molecule has 1 unspecified atom stereocenters. The summed E-state index contributed by atoms with van der Waals surface area (Å²) in [6, 6.07) is 8.04. The lowest BCUT2D eigenvalue weighted by molar-refractivity contribution is 0.375. The standard InChI is InChI=1S/C18H26ClN3/c1-4-18(3,10-6-11-20)22(5-2)17-9-12-21-16-13-14(19)7-8-15(16)17/h7-9,12-13H,4-6,10-11,20H2,1-3H3. The molecule has 0 radical (unpaired) electrons. The van der Waals surface area contributed by atoms with Gasteiger partial charge in [0.05, 0.1) is 5.52 Å². The monoisotopic (exact) mass is 319 g/mol. The molecule has 0 bridgehead atoms. The van der Waals surface area contributed by atoms with Gasteiger partial charge in [0, 0.05) is 34.4 Å². The third-order valence-corrected chi connectivity index (χ3v) is 4.86. The summed E-state index contributed by atoms with van der Waals surface area (Å²) in [5, 5.41) is 1.88. The molecular weight excluding hydrogens is 294 g/mol. The Balaban J connectivity index is 2.50. The lowest BCUT2D eigenvalue weighted by Crippen LogP contribution is -2.46. The first-order chi connectivity index (χ1) is 10.6. The van der Waals surface area contributed by atoms with Crippen molar-refractivity contribution in [3.63, 3.8) is 0 Å². The number of hydrogen-bond acceptors (Lipinski definition) is 3. The van der Waals surface area contributed by atoms with E-state index in [-0.39, 0.29) is 5.54 Å². The Labute approximate surface area is 138 Å². The minimum atomic E-state index is 0.0992. The number of halogens is 1. The van der Waals surface area contributed by atoms with E-state index >= 15 is 0 Å². The van der Waals surface area contributed by atoms with Crippen LogP contribution in [0.5, 0.6) is 0 Å². The molecule has 0 spiro atoms. The number of aromatic nitrogens is 1. The lowest BCUT2D eigenvalue weighted by Gasteiger charge is -2.43. The van der Waals surface area contributed by atoms with Crippen molar-refractivity contribution in [2.45, 2.75) is 45.6 Å². The highest BCUT2D eigenvalue weighted by molar-refractivity contribution is 6.31. The molecule has 1 heterocycles. The van der Waals surface area contributed by atoms with Gasteiger partial charge in [0.25, 0.3) is 0 Å². The molecule has 0 aliphatic heterocycles. The van der Waals surface area contributed by atoms with Gasteiger partial charge in [-0.1, -0.05) is 18.5 Å². The van der Waals surface area contributed by atoms with E-state index in [0.717, 1.165) is 48.3 Å². The summed E-state index contributed by atoms with van der Waals surface area (Å²) in [4.78, 5) is 6.95. The second-order valence-electron chi connectivity index (χ2n) is 5.98. The van der Waals surface area contributed by atoms with Crippen LogP contribution in [0.4, 0.5) is 5.69 Å². The molecule has 3 nitrogen and oxygen atoms in total. The van der Waals surface area contributed by atoms with Crippen LogP contribution < -0.4 is 10.6 Å². The van der Waals surface area contributed by atoms with Crippen LogP contribution in [0.15, 0.2) is 30.5 Å². The zero-order valence-corrected chi connectivity index (χ0v) is 14.5. The fourth-order valence-corrected chi connectivity index (χ4v) is 3.34. The fraction of sp³-hybridized carbons (Fsp3) is 0.500. The average molecular weight is 320 g/mol. The third kappa shape index (κ3) is 3.36. The van der Waals surface area contributed by atoms with E-state index in [2.05, 4.69) is 42.8 Å². The molecule has 0 saturated carbocycles. The Morgan fingerprint density at radius 3 is 2.68 bits per heavy atom. The topological polar surface area (TPSA) is 42.2 Å². The predicted octanol–water partition coefficient (Wildman–Crippen LogP) is 4.62. The molecular formula is C18H26ClN3. The molecule has 120 valence electrons. The Morgan fingerprint density at radius 2 is 2.05 bits per heavy atom. The molecule has 0 amide bonds. The number of benzene rings is 1. The maximum absolute atomic E-state index is 6.10. The van der Waals surface area contributed by atoms with Crippen LogP contribution in [0, 0.1) is 0 Å². The van der Waals surface area contributed by atoms with Gasteiger partial charge < -0.3 is 10.6 Å². The van der Waals surface area contributed by atoms with Gasteiger partial charge in [0.1, 0.15) is 0 Å². The zero-order chi connectivity index (χ0) is 16.2. The van der Waals surface area contributed by atoms with Crippen LogP contribution in [-0.2, 0) is 0 Å². The Bertz CT molecular complexity index is 629. The molecule has 0 aliphatic carbocycles. The third-order valence-electron chi connectivity index (χ3n) is 4.62. The number of nitrogens with zero attached hydrogens (tertiary/aromatic N) is 2. The zero-order valence-electron chi connectivity index (χ0n) is 13.8. The van der Waals surface area contributed by atoms with Crippen LogP contribution in [0.3, 0.4) is 0 Å². The summed E-state index contributed by atoms with van der Waals surface area (Å²) in [6.45, 7) is 8.47. The molecule has 0 saturated heterocycles. The number of nitrogens with two attached hydrogens (primary N) is 1. The Hall–Kier alpha value is -1.32. The van der Waals surface area contributed by atoms with Crippen molar-refractivity contribution in [1.82, 2.24) is 4.98 Å². The first kappa shape index (κ1) is 17.0. The minimum absolute atomic E-state index is 0.0992. The first-order valence-electron chi connectivity index (χ1n) is 8.07. The molecule has 2 N–H and O–H groups in total. The van der Waals surface area contributed by atoms with Crippen molar-refractivity contribution in [1.29, 1.82) is 0 Å². The molecule has 2 rings (SSSR count). The van der Waals surface area contributed by atoms with E-state index in [1.165, 1.54) is 5.69 Å². The summed E-state index contributed by atoms with van der Waals surface area (Å²) in [5.74, 6) is 0. The van der Waals surface area contributed by atoms with Gasteiger partial charge in [-0.05, 0) is 63.9 Å². The van der Waals surface area contributed by atoms with Crippen molar-refractivity contribution >= 4 is 28.2 Å². The number of fused-ring (bicyclic) bond motifs is 1. The van der Waals surface area contributed by atoms with E-state index in [0.29, 0.717) is 0 Å². The molecule has 2 aromatic rings. The summed E-state index contributed by atoms with van der Waals surface area (Å²) in [7, 11) is 0. The van der Waals surface area contributed by atoms with Gasteiger partial charge >= 0.3 is 0 Å². The second-order valence-corrected chi connectivity index (χ2v) is 6.41. The van der Waals surface area contributed by atoms with Crippen molar-refractivity contribution in [3.8, 4) is 0 Å². The van der Waals surface area contributed by atoms with Crippen LogP contribution >= 0.6 is 11.6 Å². The smallest absolute Gasteiger partial charge is 0.0737 e. The predicted molar refractivity (Wildman–Crippen MR) is 96.8 cm³/mol. The second kappa shape index (κ2) is 7.30. The van der Waals surface area contributed by atoms with Crippen molar-refractivity contribution < 1.29 is 0 Å². The van der Waals surface area contributed by atoms with Gasteiger partial charge in [-0.15, -0.1) is 0 Å². The fourth-order valence-electron chi connectivity index (χ4n) is 3.17. The first-order valence-corrected chi connectivity index (χ1v) is 8.45. The number of hydrogen-bond donors (Lipinski definition) is 1. The Morgan fingerprint density at radius 1 is 1.27 bits per heavy atom. The van der Waals surface area contributed by atoms with Crippen molar-refractivity contribution in [2.75, 3.05) is 18.0 Å². The molecule has 1 aromatic carbocycles. The largest absolute Gasteiger partial charge is 0.366 e. The summed E-state index contributed by atoms with van der Waals surface area (Å²) in [6.07, 6.45) is 5.08. The van der Waals surface area contributed by atoms with Crippen LogP contribution in [0.2, 0.25) is 5.02 Å². The maximum Gasteiger partial charge on any atom is 0.0737 e. The number of rotatable bonds is 7. The SMILES string of the molecule is CCN(c1ccnc2cc(Cl)ccc12)C(C)(CC)CCCN. The Kier molecular flexibility index (Phi) is 5.65. The van der Waals surface area contributed by atoms with Gasteiger partial charge in [-0.25, -0.2) is 0 Å². The summed E-state index contributed by atoms with van der Waals surface area (Å²) in [5.41, 5.74) is 8.01. The molecule has 1 aromatic heterocycles. The van der Waals surface area contributed by atoms with Gasteiger partial charge in [-0.3, -0.25) is 4.98 Å². The molecule has 0 aliphatic rings. The van der Waals surface area contributed by atoms with Gasteiger partial charge in [-0.2, -0.15) is 0 Å². The average Bonchev–Trinajstić information content (AvgIpc) is 2.53. The van der Waals surface area contributed by atoms with E-state index in [9.17, 15) is 0 Å². The quantitative estimate of drug-likeness (QED) is 0.809. The highest BCUT2D eigenvalue weighted by Crippen LogP contribution is 2.35. The van der Waals surface area contributed by atoms with Crippen LogP contribution in [0.25, 0.3) is 10.9 Å². The number of pyridine rings is 1. The lowest BCUT2D eigenvalue weighted by atomic mass is 9.89. The van der Waals surface area contributed by atoms with E-state index < -0.39 is 0 Å². The van der Waals surface area contributed by atoms with Crippen molar-refractivity contribution in [3.05, 3.63) is 35.5 Å². The highest BCUT2D eigenvalue weighted by atomic mass is 35.5. The highest BCUT2D eigenvalue weighted by Gasteiger charge is 2.29. The van der Waals surface area contributed by atoms with Gasteiger partial charge in [0.15, 0.2) is 0 Å². The summed E-state index contributed by atoms with van der Waals surface area (Å²) < 4.78 is 0. The van der Waals surface area contributed by atoms with E-state index in [1.807, 2.05) is 18.3 Å². The molecule has 4 heteroatoms. The molecule has 22 heavy (non-hydrogen) atoms. The summed E-state index contributed by atoms with van der Waals surface area (Å²) >= 11 is 6.10. The van der Waals surface area contributed by atoms with Crippen molar-refractivity contribution in [2.24, 2.45) is 5.73 Å². The number of anilines is 1. The molecule has 0 fully saturated rings. The molecule has 1 atom stereocenters. The van der Waals surface area contributed by atoms with Crippen LogP contribution in [-0.4, -0.2) is 23.6 Å². The van der Waals surface area contributed by atoms with Crippen LogP contribution in [0.1, 0.15) is 40.0 Å². The maximum atomic E-state index is 6.10. The normalized spacial score (nSPS) is 14.0.